The highest BCUT2D eigenvalue weighted by molar-refractivity contribution is 5.67. The number of imidazole rings is 1. The highest BCUT2D eigenvalue weighted by atomic mass is 15.1. The van der Waals surface area contributed by atoms with Crippen molar-refractivity contribution in [1.82, 2.24) is 9.55 Å². The fourth-order valence-electron chi connectivity index (χ4n) is 5.91. The maximum absolute atomic E-state index is 5.61. The van der Waals surface area contributed by atoms with Gasteiger partial charge in [-0.3, -0.25) is 0 Å². The first-order valence-electron chi connectivity index (χ1n) is 15.1. The molecule has 0 N–H and O–H groups in total. The van der Waals surface area contributed by atoms with E-state index in [4.69, 9.17) is 4.98 Å². The molecule has 0 aliphatic rings. The second kappa shape index (κ2) is 13.4. The van der Waals surface area contributed by atoms with Crippen molar-refractivity contribution in [2.24, 2.45) is 0 Å². The Hall–Kier alpha value is -2.35. The largest absolute Gasteiger partial charge is 0.302 e. The molecule has 0 aliphatic carbocycles. The molecular weight excluding hydrogens is 448 g/mol. The SMILES string of the molecule is CCCCC(CCCC)(CCCC)c1nc(-c2ccc(C)c(C)c2C)cn1-c1cc(CC)ccc1CC. The third kappa shape index (κ3) is 6.39. The average Bonchev–Trinajstić information content (AvgIpc) is 3.36. The number of rotatable bonds is 14. The maximum atomic E-state index is 5.61. The smallest absolute Gasteiger partial charge is 0.120 e. The summed E-state index contributed by atoms with van der Waals surface area (Å²) >= 11 is 0. The van der Waals surface area contributed by atoms with E-state index >= 15 is 0 Å². The van der Waals surface area contributed by atoms with E-state index in [1.165, 1.54) is 103 Å². The molecule has 3 aromatic rings. The van der Waals surface area contributed by atoms with Crippen molar-refractivity contribution in [2.45, 2.75) is 131 Å². The van der Waals surface area contributed by atoms with Crippen LogP contribution in [0.4, 0.5) is 0 Å². The molecule has 0 spiro atoms. The van der Waals surface area contributed by atoms with E-state index in [9.17, 15) is 0 Å². The van der Waals surface area contributed by atoms with E-state index in [0.29, 0.717) is 0 Å². The van der Waals surface area contributed by atoms with Crippen molar-refractivity contribution < 1.29 is 0 Å². The summed E-state index contributed by atoms with van der Waals surface area (Å²) in [7, 11) is 0. The number of benzene rings is 2. The Balaban J connectivity index is 2.36. The van der Waals surface area contributed by atoms with Gasteiger partial charge in [-0.05, 0) is 86.8 Å². The molecule has 0 fully saturated rings. The minimum Gasteiger partial charge on any atom is -0.302 e. The molecule has 2 nitrogen and oxygen atoms in total. The topological polar surface area (TPSA) is 17.8 Å². The minimum atomic E-state index is 0.112. The molecule has 2 heteroatoms. The van der Waals surface area contributed by atoms with Crippen LogP contribution >= 0.6 is 0 Å². The van der Waals surface area contributed by atoms with E-state index in [1.54, 1.807) is 0 Å². The molecule has 0 aliphatic heterocycles. The second-order valence-electron chi connectivity index (χ2n) is 11.3. The normalized spacial score (nSPS) is 11.9. The van der Waals surface area contributed by atoms with Crippen molar-refractivity contribution in [3.8, 4) is 16.9 Å². The van der Waals surface area contributed by atoms with Gasteiger partial charge >= 0.3 is 0 Å². The van der Waals surface area contributed by atoms with E-state index in [-0.39, 0.29) is 5.41 Å². The van der Waals surface area contributed by atoms with Gasteiger partial charge in [0.25, 0.3) is 0 Å². The van der Waals surface area contributed by atoms with Gasteiger partial charge in [0.15, 0.2) is 0 Å². The van der Waals surface area contributed by atoms with Crippen LogP contribution in [0.3, 0.4) is 0 Å². The van der Waals surface area contributed by atoms with Crippen LogP contribution in [0.2, 0.25) is 0 Å². The average molecular weight is 501 g/mol. The molecule has 0 saturated heterocycles. The van der Waals surface area contributed by atoms with Crippen molar-refractivity contribution in [3.63, 3.8) is 0 Å². The van der Waals surface area contributed by atoms with Gasteiger partial charge in [-0.15, -0.1) is 0 Å². The Morgan fingerprint density at radius 1 is 0.730 bits per heavy atom. The van der Waals surface area contributed by atoms with Crippen LogP contribution in [-0.2, 0) is 18.3 Å². The molecule has 0 bridgehead atoms. The molecular formula is C35H52N2. The third-order valence-corrected chi connectivity index (χ3v) is 8.74. The Labute approximate surface area is 227 Å². The van der Waals surface area contributed by atoms with Gasteiger partial charge in [0.05, 0.1) is 11.4 Å². The second-order valence-corrected chi connectivity index (χ2v) is 11.3. The standard InChI is InChI=1S/C35H52N2/c1-9-14-21-35(22-15-10-2,23-16-11-3)34-36-32(31-20-17-26(6)27(7)28(31)8)25-37(34)33-24-29(12-4)18-19-30(33)13-5/h17-20,24-25H,9-16,21-23H2,1-8H3. The lowest BCUT2D eigenvalue weighted by atomic mass is 9.73. The quantitative estimate of drug-likeness (QED) is 0.215. The molecule has 202 valence electrons. The minimum absolute atomic E-state index is 0.112. The fourth-order valence-corrected chi connectivity index (χ4v) is 5.91. The maximum Gasteiger partial charge on any atom is 0.120 e. The van der Waals surface area contributed by atoms with Gasteiger partial charge in [-0.25, -0.2) is 4.98 Å². The summed E-state index contributed by atoms with van der Waals surface area (Å²) in [5.41, 5.74) is 10.8. The van der Waals surface area contributed by atoms with E-state index < -0.39 is 0 Å². The van der Waals surface area contributed by atoms with Gasteiger partial charge in [0.2, 0.25) is 0 Å². The van der Waals surface area contributed by atoms with E-state index in [2.05, 4.69) is 96.5 Å². The molecule has 2 aromatic carbocycles. The number of hydrogen-bond acceptors (Lipinski definition) is 1. The van der Waals surface area contributed by atoms with Crippen LogP contribution in [-0.4, -0.2) is 9.55 Å². The summed E-state index contributed by atoms with van der Waals surface area (Å²) in [5, 5.41) is 0. The molecule has 1 heterocycles. The highest BCUT2D eigenvalue weighted by Crippen LogP contribution is 2.42. The van der Waals surface area contributed by atoms with Crippen LogP contribution in [0.25, 0.3) is 16.9 Å². The zero-order chi connectivity index (χ0) is 27.0. The Morgan fingerprint density at radius 2 is 1.35 bits per heavy atom. The van der Waals surface area contributed by atoms with Crippen molar-refractivity contribution >= 4 is 0 Å². The number of hydrogen-bond donors (Lipinski definition) is 0. The summed E-state index contributed by atoms with van der Waals surface area (Å²) in [6.07, 6.45) is 15.6. The van der Waals surface area contributed by atoms with Gasteiger partial charge in [0.1, 0.15) is 5.82 Å². The molecule has 0 amide bonds. The Morgan fingerprint density at radius 3 is 1.89 bits per heavy atom. The molecule has 0 unspecified atom stereocenters. The molecule has 37 heavy (non-hydrogen) atoms. The van der Waals surface area contributed by atoms with Crippen LogP contribution in [0, 0.1) is 20.8 Å². The first-order valence-corrected chi connectivity index (χ1v) is 15.1. The van der Waals surface area contributed by atoms with Gasteiger partial charge in [-0.1, -0.05) is 97.4 Å². The number of unbranched alkanes of at least 4 members (excludes halogenated alkanes) is 3. The van der Waals surface area contributed by atoms with Crippen LogP contribution < -0.4 is 0 Å². The van der Waals surface area contributed by atoms with Crippen molar-refractivity contribution in [2.75, 3.05) is 0 Å². The summed E-state index contributed by atoms with van der Waals surface area (Å²) in [5.74, 6) is 1.30. The summed E-state index contributed by atoms with van der Waals surface area (Å²) in [6, 6.07) is 11.7. The van der Waals surface area contributed by atoms with Gasteiger partial charge in [-0.2, -0.15) is 0 Å². The Bertz CT molecular complexity index is 1130. The summed E-state index contributed by atoms with van der Waals surface area (Å²) < 4.78 is 2.53. The van der Waals surface area contributed by atoms with Gasteiger partial charge < -0.3 is 4.57 Å². The fraction of sp³-hybridized carbons (Fsp3) is 0.571. The lowest BCUT2D eigenvalue weighted by Crippen LogP contribution is -2.30. The lowest BCUT2D eigenvalue weighted by Gasteiger charge is -2.35. The third-order valence-electron chi connectivity index (χ3n) is 8.74. The zero-order valence-electron chi connectivity index (χ0n) is 25.1. The number of aryl methyl sites for hydroxylation is 3. The zero-order valence-corrected chi connectivity index (χ0v) is 25.1. The monoisotopic (exact) mass is 500 g/mol. The van der Waals surface area contributed by atoms with Crippen LogP contribution in [0.1, 0.15) is 126 Å². The lowest BCUT2D eigenvalue weighted by molar-refractivity contribution is 0.289. The molecule has 0 saturated carbocycles. The Kier molecular flexibility index (Phi) is 10.6. The predicted octanol–water partition coefficient (Wildman–Crippen LogP) is 10.4. The number of nitrogens with zero attached hydrogens (tertiary/aromatic N) is 2. The molecule has 1 aromatic heterocycles. The molecule has 0 atom stereocenters. The first kappa shape index (κ1) is 29.2. The van der Waals surface area contributed by atoms with Crippen LogP contribution in [0.5, 0.6) is 0 Å². The molecule has 0 radical (unpaired) electrons. The van der Waals surface area contributed by atoms with E-state index in [0.717, 1.165) is 18.5 Å². The summed E-state index contributed by atoms with van der Waals surface area (Å²) in [4.78, 5) is 5.61. The first-order chi connectivity index (χ1) is 17.8. The highest BCUT2D eigenvalue weighted by Gasteiger charge is 2.36. The van der Waals surface area contributed by atoms with Crippen molar-refractivity contribution in [3.05, 3.63) is 70.2 Å². The van der Waals surface area contributed by atoms with Crippen LogP contribution in [0.15, 0.2) is 36.5 Å². The van der Waals surface area contributed by atoms with E-state index in [1.807, 2.05) is 0 Å². The predicted molar refractivity (Wildman–Crippen MR) is 162 cm³/mol. The van der Waals surface area contributed by atoms with Crippen molar-refractivity contribution in [1.29, 1.82) is 0 Å². The van der Waals surface area contributed by atoms with Gasteiger partial charge in [0, 0.05) is 17.2 Å². The number of aromatic nitrogens is 2. The summed E-state index contributed by atoms with van der Waals surface area (Å²) in [6.45, 7) is 18.3. The molecule has 3 rings (SSSR count).